The molecule has 0 amide bonds. The minimum Gasteiger partial charge on any atom is -0.351 e. The van der Waals surface area contributed by atoms with Crippen LogP contribution < -0.4 is 5.32 Å². The van der Waals surface area contributed by atoms with Crippen LogP contribution in [0.1, 0.15) is 32.4 Å². The van der Waals surface area contributed by atoms with Gasteiger partial charge in [-0.2, -0.15) is 0 Å². The second kappa shape index (κ2) is 8.08. The van der Waals surface area contributed by atoms with Crippen LogP contribution in [-0.4, -0.2) is 31.0 Å². The molecule has 0 saturated heterocycles. The van der Waals surface area contributed by atoms with Crippen molar-refractivity contribution in [3.8, 4) is 0 Å². The van der Waals surface area contributed by atoms with Gasteiger partial charge in [0.2, 0.25) is 0 Å². The quantitative estimate of drug-likeness (QED) is 0.757. The third kappa shape index (κ3) is 3.79. The number of hydrogen-bond donors (Lipinski definition) is 1. The van der Waals surface area contributed by atoms with Crippen LogP contribution in [0, 0.1) is 0 Å². The second-order valence-electron chi connectivity index (χ2n) is 4.74. The first-order valence-electron chi connectivity index (χ1n) is 7.62. The van der Waals surface area contributed by atoms with Gasteiger partial charge in [-0.3, -0.25) is 4.98 Å². The number of rotatable bonds is 8. The summed E-state index contributed by atoms with van der Waals surface area (Å²) in [4.78, 5) is 4.54. The average Bonchev–Trinajstić information content (AvgIpc) is 2.52. The summed E-state index contributed by atoms with van der Waals surface area (Å²) < 4.78 is 11.6. The number of ether oxygens (including phenoxy) is 2. The normalized spacial score (nSPS) is 13.0. The van der Waals surface area contributed by atoms with Crippen molar-refractivity contribution in [3.05, 3.63) is 42.1 Å². The predicted octanol–water partition coefficient (Wildman–Crippen LogP) is 3.28. The molecule has 4 heteroatoms. The van der Waals surface area contributed by atoms with E-state index in [1.807, 2.05) is 26.1 Å². The lowest BCUT2D eigenvalue weighted by atomic mass is 10.0. The molecule has 1 heterocycles. The van der Waals surface area contributed by atoms with Crippen LogP contribution in [0.3, 0.4) is 0 Å². The Hall–Kier alpha value is -1.49. The monoisotopic (exact) mass is 288 g/mol. The molecule has 0 bridgehead atoms. The third-order valence-electron chi connectivity index (χ3n) is 3.36. The Morgan fingerprint density at radius 1 is 1.05 bits per heavy atom. The standard InChI is InChI=1S/C17H24N2O2/c1-4-18-16(17(20-5-2)21-6-3)14-11-7-9-13-10-8-12-19-15(13)14/h7-12,16-18H,4-6H2,1-3H3. The number of nitrogens with zero attached hydrogens (tertiary/aromatic N) is 1. The van der Waals surface area contributed by atoms with Gasteiger partial charge in [-0.25, -0.2) is 0 Å². The van der Waals surface area contributed by atoms with Crippen molar-refractivity contribution >= 4 is 10.9 Å². The fourth-order valence-corrected chi connectivity index (χ4v) is 2.52. The highest BCUT2D eigenvalue weighted by Gasteiger charge is 2.25. The maximum atomic E-state index is 5.79. The molecule has 0 spiro atoms. The summed E-state index contributed by atoms with van der Waals surface area (Å²) in [5.41, 5.74) is 2.11. The van der Waals surface area contributed by atoms with Crippen molar-refractivity contribution in [2.75, 3.05) is 19.8 Å². The number of nitrogens with one attached hydrogen (secondary N) is 1. The zero-order chi connectivity index (χ0) is 15.1. The highest BCUT2D eigenvalue weighted by molar-refractivity contribution is 5.82. The molecule has 114 valence electrons. The molecule has 2 aromatic rings. The lowest BCUT2D eigenvalue weighted by Gasteiger charge is -2.28. The number of para-hydroxylation sites is 1. The van der Waals surface area contributed by atoms with Crippen molar-refractivity contribution in [2.45, 2.75) is 33.1 Å². The van der Waals surface area contributed by atoms with Crippen LogP contribution in [0.4, 0.5) is 0 Å². The zero-order valence-electron chi connectivity index (χ0n) is 13.0. The first-order chi connectivity index (χ1) is 10.3. The maximum Gasteiger partial charge on any atom is 0.176 e. The van der Waals surface area contributed by atoms with E-state index in [0.29, 0.717) is 13.2 Å². The van der Waals surface area contributed by atoms with Gasteiger partial charge in [-0.15, -0.1) is 0 Å². The Morgan fingerprint density at radius 3 is 2.43 bits per heavy atom. The van der Waals surface area contributed by atoms with E-state index in [1.54, 1.807) is 0 Å². The summed E-state index contributed by atoms with van der Waals surface area (Å²) in [5.74, 6) is 0. The van der Waals surface area contributed by atoms with Crippen molar-refractivity contribution in [3.63, 3.8) is 0 Å². The van der Waals surface area contributed by atoms with Gasteiger partial charge in [0.15, 0.2) is 6.29 Å². The highest BCUT2D eigenvalue weighted by atomic mass is 16.7. The van der Waals surface area contributed by atoms with Crippen LogP contribution in [-0.2, 0) is 9.47 Å². The van der Waals surface area contributed by atoms with E-state index < -0.39 is 0 Å². The molecule has 1 aromatic carbocycles. The van der Waals surface area contributed by atoms with Gasteiger partial charge >= 0.3 is 0 Å². The lowest BCUT2D eigenvalue weighted by Crippen LogP contribution is -2.36. The van der Waals surface area contributed by atoms with E-state index in [4.69, 9.17) is 9.47 Å². The SMILES string of the molecule is CCNC(c1cccc2cccnc12)C(OCC)OCC. The molecule has 1 aromatic heterocycles. The summed E-state index contributed by atoms with van der Waals surface area (Å²) in [6.45, 7) is 8.12. The first kappa shape index (κ1) is 15.9. The Balaban J connectivity index is 2.43. The molecule has 0 aliphatic rings. The molecule has 0 aliphatic heterocycles. The summed E-state index contributed by atoms with van der Waals surface area (Å²) >= 11 is 0. The van der Waals surface area contributed by atoms with Gasteiger partial charge in [-0.1, -0.05) is 31.2 Å². The van der Waals surface area contributed by atoms with Crippen molar-refractivity contribution < 1.29 is 9.47 Å². The number of likely N-dealkylation sites (N-methyl/N-ethyl adjacent to an activating group) is 1. The van der Waals surface area contributed by atoms with Crippen molar-refractivity contribution in [1.29, 1.82) is 0 Å². The zero-order valence-corrected chi connectivity index (χ0v) is 13.0. The minimum absolute atomic E-state index is 0.0338. The van der Waals surface area contributed by atoms with Crippen LogP contribution >= 0.6 is 0 Å². The van der Waals surface area contributed by atoms with Crippen LogP contribution in [0.15, 0.2) is 36.5 Å². The van der Waals surface area contributed by atoms with Gasteiger partial charge in [0.1, 0.15) is 0 Å². The average molecular weight is 288 g/mol. The molecule has 1 atom stereocenters. The van der Waals surface area contributed by atoms with Gasteiger partial charge < -0.3 is 14.8 Å². The van der Waals surface area contributed by atoms with E-state index in [2.05, 4.69) is 41.5 Å². The van der Waals surface area contributed by atoms with Gasteiger partial charge in [-0.05, 0) is 26.5 Å². The minimum atomic E-state index is -0.312. The Morgan fingerprint density at radius 2 is 1.76 bits per heavy atom. The fraction of sp³-hybridized carbons (Fsp3) is 0.471. The number of pyridine rings is 1. The molecule has 1 N–H and O–H groups in total. The molecular weight excluding hydrogens is 264 g/mol. The van der Waals surface area contributed by atoms with E-state index in [9.17, 15) is 0 Å². The van der Waals surface area contributed by atoms with Gasteiger partial charge in [0.25, 0.3) is 0 Å². The molecule has 4 nitrogen and oxygen atoms in total. The summed E-state index contributed by atoms with van der Waals surface area (Å²) in [5, 5.41) is 4.60. The number of benzene rings is 1. The Kier molecular flexibility index (Phi) is 6.11. The van der Waals surface area contributed by atoms with E-state index in [0.717, 1.165) is 23.0 Å². The van der Waals surface area contributed by atoms with E-state index in [-0.39, 0.29) is 12.3 Å². The summed E-state index contributed by atoms with van der Waals surface area (Å²) in [7, 11) is 0. The fourth-order valence-electron chi connectivity index (χ4n) is 2.52. The second-order valence-corrected chi connectivity index (χ2v) is 4.74. The van der Waals surface area contributed by atoms with E-state index >= 15 is 0 Å². The molecule has 21 heavy (non-hydrogen) atoms. The van der Waals surface area contributed by atoms with Crippen LogP contribution in [0.25, 0.3) is 10.9 Å². The van der Waals surface area contributed by atoms with E-state index in [1.165, 1.54) is 0 Å². The molecule has 1 unspecified atom stereocenters. The maximum absolute atomic E-state index is 5.79. The topological polar surface area (TPSA) is 43.4 Å². The largest absolute Gasteiger partial charge is 0.351 e. The van der Waals surface area contributed by atoms with Crippen molar-refractivity contribution in [2.24, 2.45) is 0 Å². The summed E-state index contributed by atoms with van der Waals surface area (Å²) in [6.07, 6.45) is 1.51. The Bertz CT molecular complexity index is 548. The molecule has 2 rings (SSSR count). The van der Waals surface area contributed by atoms with Crippen molar-refractivity contribution in [1.82, 2.24) is 10.3 Å². The van der Waals surface area contributed by atoms with Gasteiger partial charge in [0, 0.05) is 30.4 Å². The molecular formula is C17H24N2O2. The van der Waals surface area contributed by atoms with Crippen LogP contribution in [0.5, 0.6) is 0 Å². The highest BCUT2D eigenvalue weighted by Crippen LogP contribution is 2.26. The number of hydrogen-bond acceptors (Lipinski definition) is 4. The lowest BCUT2D eigenvalue weighted by molar-refractivity contribution is -0.154. The Labute approximate surface area is 126 Å². The van der Waals surface area contributed by atoms with Gasteiger partial charge in [0.05, 0.1) is 11.6 Å². The molecule has 0 fully saturated rings. The summed E-state index contributed by atoms with van der Waals surface area (Å²) in [6, 6.07) is 10.2. The molecule has 0 saturated carbocycles. The molecule has 0 radical (unpaired) electrons. The number of fused-ring (bicyclic) bond motifs is 1. The van der Waals surface area contributed by atoms with Crippen LogP contribution in [0.2, 0.25) is 0 Å². The first-order valence-corrected chi connectivity index (χ1v) is 7.62. The predicted molar refractivity (Wildman–Crippen MR) is 85.2 cm³/mol. The molecule has 0 aliphatic carbocycles. The number of aromatic nitrogens is 1. The smallest absolute Gasteiger partial charge is 0.176 e. The third-order valence-corrected chi connectivity index (χ3v) is 3.36.